The maximum atomic E-state index is 12.6. The van der Waals surface area contributed by atoms with Gasteiger partial charge in [0.25, 0.3) is 0 Å². The van der Waals surface area contributed by atoms with Crippen molar-refractivity contribution in [2.24, 2.45) is 0 Å². The highest BCUT2D eigenvalue weighted by molar-refractivity contribution is 5.87. The number of hydrogen-bond donors (Lipinski definition) is 1. The van der Waals surface area contributed by atoms with E-state index in [-0.39, 0.29) is 17.5 Å². The molecule has 0 amide bonds. The maximum Gasteiger partial charge on any atom is 0.344 e. The van der Waals surface area contributed by atoms with E-state index in [0.29, 0.717) is 24.1 Å². The van der Waals surface area contributed by atoms with Gasteiger partial charge in [0.2, 0.25) is 0 Å². The third-order valence-electron chi connectivity index (χ3n) is 5.77. The fourth-order valence-electron chi connectivity index (χ4n) is 4.05. The molecule has 0 atom stereocenters. The van der Waals surface area contributed by atoms with Crippen LogP contribution in [0.25, 0.3) is 22.1 Å². The molecule has 0 bridgehead atoms. The van der Waals surface area contributed by atoms with Crippen LogP contribution in [0.3, 0.4) is 0 Å². The van der Waals surface area contributed by atoms with E-state index in [4.69, 9.17) is 9.52 Å². The number of aromatic amines is 1. The molecule has 4 rings (SSSR count). The molecule has 29 heavy (non-hydrogen) atoms. The normalized spacial score (nSPS) is 15.3. The topological polar surface area (TPSA) is 84.9 Å². The van der Waals surface area contributed by atoms with Crippen molar-refractivity contribution >= 4 is 22.6 Å². The van der Waals surface area contributed by atoms with Crippen LogP contribution < -0.4 is 15.5 Å². The van der Waals surface area contributed by atoms with E-state index in [2.05, 4.69) is 29.8 Å². The molecule has 0 fully saturated rings. The van der Waals surface area contributed by atoms with E-state index < -0.39 is 5.97 Å². The Morgan fingerprint density at radius 3 is 2.72 bits per heavy atom. The van der Waals surface area contributed by atoms with Gasteiger partial charge >= 0.3 is 11.6 Å². The smallest absolute Gasteiger partial charge is 0.344 e. The minimum Gasteiger partial charge on any atom is -0.481 e. The summed E-state index contributed by atoms with van der Waals surface area (Å²) in [7, 11) is 0. The summed E-state index contributed by atoms with van der Waals surface area (Å²) >= 11 is 0. The minimum absolute atomic E-state index is 0.00910. The van der Waals surface area contributed by atoms with E-state index in [1.54, 1.807) is 12.4 Å². The molecule has 0 spiro atoms. The van der Waals surface area contributed by atoms with Gasteiger partial charge < -0.3 is 14.4 Å². The van der Waals surface area contributed by atoms with Crippen molar-refractivity contribution in [3.8, 4) is 11.1 Å². The fraction of sp³-hybridized carbons (Fsp3) is 0.348. The third kappa shape index (κ3) is 3.75. The van der Waals surface area contributed by atoms with Gasteiger partial charge in [0.1, 0.15) is 5.58 Å². The Morgan fingerprint density at radius 2 is 2.00 bits per heavy atom. The second-order valence-electron chi connectivity index (χ2n) is 8.26. The van der Waals surface area contributed by atoms with E-state index in [1.165, 1.54) is 5.56 Å². The molecule has 6 nitrogen and oxygen atoms in total. The van der Waals surface area contributed by atoms with Crippen LogP contribution in [0.1, 0.15) is 38.7 Å². The molecule has 0 radical (unpaired) electrons. The molecular weight excluding hydrogens is 368 g/mol. The number of anilines is 1. The van der Waals surface area contributed by atoms with Gasteiger partial charge in [0, 0.05) is 54.3 Å². The number of carboxylic acids is 1. The first kappa shape index (κ1) is 19.2. The Morgan fingerprint density at radius 1 is 1.24 bits per heavy atom. The molecule has 0 saturated carbocycles. The van der Waals surface area contributed by atoms with Gasteiger partial charge in [-0.25, -0.2) is 9.78 Å². The van der Waals surface area contributed by atoms with E-state index in [9.17, 15) is 9.59 Å². The monoisotopic (exact) mass is 393 g/mol. The molecule has 0 aliphatic carbocycles. The lowest BCUT2D eigenvalue weighted by Crippen LogP contribution is -2.38. The average Bonchev–Trinajstić information content (AvgIpc) is 2.69. The van der Waals surface area contributed by atoms with Gasteiger partial charge in [0.05, 0.1) is 5.56 Å². The Balaban J connectivity index is 1.80. The maximum absolute atomic E-state index is 12.6. The molecule has 0 unspecified atom stereocenters. The van der Waals surface area contributed by atoms with Crippen molar-refractivity contribution in [3.63, 3.8) is 0 Å². The number of fused-ring (bicyclic) bond motifs is 2. The summed E-state index contributed by atoms with van der Waals surface area (Å²) in [6.07, 6.45) is 5.28. The van der Waals surface area contributed by atoms with Crippen LogP contribution >= 0.6 is 0 Å². The van der Waals surface area contributed by atoms with Crippen LogP contribution in [-0.4, -0.2) is 24.2 Å². The lowest BCUT2D eigenvalue weighted by molar-refractivity contribution is -0.377. The lowest BCUT2D eigenvalue weighted by atomic mass is 9.77. The van der Waals surface area contributed by atoms with Gasteiger partial charge in [0.15, 0.2) is 12.4 Å². The largest absolute Gasteiger partial charge is 0.481 e. The highest BCUT2D eigenvalue weighted by Crippen LogP contribution is 2.42. The fourth-order valence-corrected chi connectivity index (χ4v) is 4.05. The quantitative estimate of drug-likeness (QED) is 0.669. The number of H-pyrrole nitrogens is 1. The van der Waals surface area contributed by atoms with Crippen molar-refractivity contribution < 1.29 is 19.3 Å². The standard InChI is InChI=1S/C23H24N2O4/c1-23(2)7-11-25(10-3-4-21(26)27)19-14-20-16(13-18(19)23)12-17(22(28)29-20)15-5-8-24-9-6-15/h5-6,8-9,12-14H,3-4,7,10-11H2,1-2H3,(H,26,27)/p+1. The number of carboxylic acid groups (broad SMARTS) is 1. The number of nitrogens with zero attached hydrogens (tertiary/aromatic N) is 1. The van der Waals surface area contributed by atoms with Crippen molar-refractivity contribution in [1.29, 1.82) is 0 Å². The van der Waals surface area contributed by atoms with Gasteiger partial charge in [-0.05, 0) is 36.0 Å². The number of nitrogens with one attached hydrogen (secondary N) is 1. The molecule has 0 saturated heterocycles. The third-order valence-corrected chi connectivity index (χ3v) is 5.77. The highest BCUT2D eigenvalue weighted by atomic mass is 16.4. The summed E-state index contributed by atoms with van der Waals surface area (Å²) in [4.78, 5) is 28.7. The van der Waals surface area contributed by atoms with Gasteiger partial charge in [-0.15, -0.1) is 0 Å². The summed E-state index contributed by atoms with van der Waals surface area (Å²) in [5.41, 5.74) is 3.77. The number of aliphatic carboxylic acids is 1. The van der Waals surface area contributed by atoms with Crippen LogP contribution in [0.15, 0.2) is 51.9 Å². The van der Waals surface area contributed by atoms with Crippen LogP contribution in [0.5, 0.6) is 0 Å². The Kier molecular flexibility index (Phi) is 4.86. The molecule has 6 heteroatoms. The number of hydrogen-bond acceptors (Lipinski definition) is 4. The van der Waals surface area contributed by atoms with Crippen LogP contribution in [0.4, 0.5) is 5.69 Å². The molecule has 1 aromatic carbocycles. The zero-order valence-electron chi connectivity index (χ0n) is 16.7. The molecule has 3 heterocycles. The first-order chi connectivity index (χ1) is 13.8. The summed E-state index contributed by atoms with van der Waals surface area (Å²) in [6, 6.07) is 9.66. The second-order valence-corrected chi connectivity index (χ2v) is 8.26. The van der Waals surface area contributed by atoms with E-state index in [0.717, 1.165) is 29.6 Å². The molecular formula is C23H25N2O4+. The lowest BCUT2D eigenvalue weighted by Gasteiger charge is -2.40. The average molecular weight is 393 g/mol. The zero-order chi connectivity index (χ0) is 20.6. The van der Waals surface area contributed by atoms with Crippen LogP contribution in [-0.2, 0) is 10.2 Å². The summed E-state index contributed by atoms with van der Waals surface area (Å²) in [5.74, 6) is -0.780. The molecule has 150 valence electrons. The number of benzene rings is 1. The van der Waals surface area contributed by atoms with E-state index in [1.807, 2.05) is 24.3 Å². The molecule has 1 aliphatic rings. The number of rotatable bonds is 5. The minimum atomic E-state index is -0.780. The van der Waals surface area contributed by atoms with Crippen molar-refractivity contribution in [2.75, 3.05) is 18.0 Å². The van der Waals surface area contributed by atoms with E-state index >= 15 is 0 Å². The number of aromatic nitrogens is 1. The van der Waals surface area contributed by atoms with Crippen LogP contribution in [0.2, 0.25) is 0 Å². The molecule has 2 aromatic heterocycles. The first-order valence-electron chi connectivity index (χ1n) is 9.91. The van der Waals surface area contributed by atoms with Crippen molar-refractivity contribution in [3.05, 3.63) is 58.7 Å². The predicted molar refractivity (Wildman–Crippen MR) is 111 cm³/mol. The van der Waals surface area contributed by atoms with Gasteiger partial charge in [-0.2, -0.15) is 0 Å². The Hall–Kier alpha value is -3.15. The Bertz CT molecular complexity index is 1120. The second kappa shape index (κ2) is 7.35. The predicted octanol–water partition coefficient (Wildman–Crippen LogP) is 3.63. The van der Waals surface area contributed by atoms with Gasteiger partial charge in [-0.3, -0.25) is 4.79 Å². The van der Waals surface area contributed by atoms with Gasteiger partial charge in [-0.1, -0.05) is 13.8 Å². The first-order valence-corrected chi connectivity index (χ1v) is 9.91. The number of carbonyl (C=O) groups is 1. The summed E-state index contributed by atoms with van der Waals surface area (Å²) in [6.45, 7) is 5.97. The van der Waals surface area contributed by atoms with Crippen LogP contribution in [0, 0.1) is 0 Å². The van der Waals surface area contributed by atoms with Crippen molar-refractivity contribution in [1.82, 2.24) is 0 Å². The Labute approximate surface area is 168 Å². The van der Waals surface area contributed by atoms with Crippen molar-refractivity contribution in [2.45, 2.75) is 38.5 Å². The summed E-state index contributed by atoms with van der Waals surface area (Å²) < 4.78 is 5.69. The zero-order valence-corrected chi connectivity index (χ0v) is 16.7. The SMILES string of the molecule is CC1(C)CCN(CCCC(=O)O)c2cc3oc(=O)c(-c4cc[nH+]cc4)cc3cc21. The number of pyridine rings is 1. The molecule has 1 aliphatic heterocycles. The molecule has 2 N–H and O–H groups in total. The highest BCUT2D eigenvalue weighted by Gasteiger charge is 2.32. The summed E-state index contributed by atoms with van der Waals surface area (Å²) in [5, 5.41) is 9.84. The molecule has 3 aromatic rings.